The number of halogens is 3. The second-order valence-electron chi connectivity index (χ2n) is 7.60. The lowest BCUT2D eigenvalue weighted by Crippen LogP contribution is -2.49. The van der Waals surface area contributed by atoms with Crippen LogP contribution in [-0.2, 0) is 11.3 Å². The van der Waals surface area contributed by atoms with Crippen molar-refractivity contribution in [2.75, 3.05) is 37.8 Å². The number of piperazine rings is 1. The Morgan fingerprint density at radius 3 is 2.38 bits per heavy atom. The number of aromatic nitrogens is 1. The molecule has 3 aromatic rings. The minimum Gasteiger partial charge on any atom is -0.446 e. The van der Waals surface area contributed by atoms with Gasteiger partial charge in [0.15, 0.2) is 0 Å². The van der Waals surface area contributed by atoms with Crippen LogP contribution in [0.5, 0.6) is 0 Å². The number of pyridine rings is 1. The molecule has 2 N–H and O–H groups in total. The van der Waals surface area contributed by atoms with Crippen molar-refractivity contribution < 1.29 is 27.5 Å². The van der Waals surface area contributed by atoms with Gasteiger partial charge in [-0.3, -0.25) is 19.9 Å². The molecule has 0 saturated carbocycles. The summed E-state index contributed by atoms with van der Waals surface area (Å²) in [6.45, 7) is -0.935. The van der Waals surface area contributed by atoms with Gasteiger partial charge in [0.25, 0.3) is 11.5 Å². The lowest BCUT2D eigenvalue weighted by atomic mass is 10.1. The Kier molecular flexibility index (Phi) is 6.62. The van der Waals surface area contributed by atoms with Crippen LogP contribution in [0.2, 0.25) is 0 Å². The molecule has 1 fully saturated rings. The van der Waals surface area contributed by atoms with Crippen molar-refractivity contribution in [1.82, 2.24) is 9.47 Å². The Balaban J connectivity index is 1.78. The number of carbonyl (C=O) groups is 2. The maximum absolute atomic E-state index is 13.3. The lowest BCUT2D eigenvalue weighted by molar-refractivity contribution is -0.140. The first kappa shape index (κ1) is 23.8. The molecule has 0 unspecified atom stereocenters. The van der Waals surface area contributed by atoms with Gasteiger partial charge in [0.05, 0.1) is 16.1 Å². The van der Waals surface area contributed by atoms with Crippen LogP contribution in [0.1, 0.15) is 20.0 Å². The third-order valence-electron chi connectivity index (χ3n) is 5.52. The predicted molar refractivity (Wildman–Crippen MR) is 121 cm³/mol. The van der Waals surface area contributed by atoms with Crippen LogP contribution >= 0.6 is 11.3 Å². The Bertz CT molecular complexity index is 1270. The van der Waals surface area contributed by atoms with E-state index < -0.39 is 36.5 Å². The molecule has 1 aliphatic rings. The zero-order chi connectivity index (χ0) is 24.5. The van der Waals surface area contributed by atoms with E-state index in [9.17, 15) is 27.6 Å². The van der Waals surface area contributed by atoms with E-state index in [0.29, 0.717) is 27.9 Å². The summed E-state index contributed by atoms with van der Waals surface area (Å²) in [6.07, 6.45) is -4.68. The quantitative estimate of drug-likeness (QED) is 0.433. The van der Waals surface area contributed by atoms with Crippen LogP contribution in [0, 0.1) is 0 Å². The fourth-order valence-electron chi connectivity index (χ4n) is 4.08. The van der Waals surface area contributed by atoms with E-state index in [1.54, 1.807) is 39.4 Å². The highest BCUT2D eigenvalue weighted by molar-refractivity contribution is 7.12. The number of ether oxygens (including phenoxy) is 1. The Morgan fingerprint density at radius 2 is 1.76 bits per heavy atom. The number of fused-ring (bicyclic) bond motifs is 1. The molecule has 180 valence electrons. The molecule has 0 bridgehead atoms. The van der Waals surface area contributed by atoms with E-state index >= 15 is 0 Å². The van der Waals surface area contributed by atoms with E-state index in [4.69, 9.17) is 10.5 Å². The molecule has 1 saturated heterocycles. The third kappa shape index (κ3) is 4.64. The van der Waals surface area contributed by atoms with Gasteiger partial charge >= 0.3 is 12.1 Å². The van der Waals surface area contributed by atoms with Crippen molar-refractivity contribution in [2.24, 2.45) is 5.73 Å². The molecular formula is C22H21F3N4O4S. The summed E-state index contributed by atoms with van der Waals surface area (Å²) < 4.78 is 45.2. The Labute approximate surface area is 195 Å². The van der Waals surface area contributed by atoms with Crippen molar-refractivity contribution in [3.8, 4) is 0 Å². The minimum absolute atomic E-state index is 0.0428. The maximum Gasteiger partial charge on any atom is 0.406 e. The Morgan fingerprint density at radius 1 is 1.06 bits per heavy atom. The monoisotopic (exact) mass is 494 g/mol. The summed E-state index contributed by atoms with van der Waals surface area (Å²) in [7, 11) is 0. The third-order valence-corrected chi connectivity index (χ3v) is 6.37. The first-order valence-corrected chi connectivity index (χ1v) is 11.3. The molecule has 34 heavy (non-hydrogen) atoms. The molecule has 0 spiro atoms. The van der Waals surface area contributed by atoms with Gasteiger partial charge < -0.3 is 14.5 Å². The minimum atomic E-state index is -4.68. The molecule has 8 nitrogen and oxygen atoms in total. The van der Waals surface area contributed by atoms with Crippen molar-refractivity contribution in [3.63, 3.8) is 0 Å². The number of benzene rings is 1. The highest BCUT2D eigenvalue weighted by Gasteiger charge is 2.34. The number of amides is 1. The average molecular weight is 494 g/mol. The summed E-state index contributed by atoms with van der Waals surface area (Å²) in [6, 6.07) is 9.61. The number of para-hydroxylation sites is 1. The van der Waals surface area contributed by atoms with E-state index in [2.05, 4.69) is 0 Å². The van der Waals surface area contributed by atoms with Crippen LogP contribution in [0.15, 0.2) is 46.6 Å². The van der Waals surface area contributed by atoms with Gasteiger partial charge in [-0.25, -0.2) is 4.79 Å². The largest absolute Gasteiger partial charge is 0.446 e. The van der Waals surface area contributed by atoms with Crippen molar-refractivity contribution in [2.45, 2.75) is 12.7 Å². The lowest BCUT2D eigenvalue weighted by Gasteiger charge is -2.37. The number of alkyl halides is 3. The standard InChI is InChI=1S/C22H21F3N4O4S/c23-22(24,25)12-29-15-5-2-1-4-14(15)18(17(20(29)31)21(32)33-13-26)27-7-9-28(10-8-27)19(30)16-6-3-11-34-16/h1-6,11H,7-10,12-13,26H2. The van der Waals surface area contributed by atoms with Gasteiger partial charge in [-0.2, -0.15) is 13.2 Å². The van der Waals surface area contributed by atoms with E-state index in [1.165, 1.54) is 23.5 Å². The van der Waals surface area contributed by atoms with Gasteiger partial charge in [-0.15, -0.1) is 11.3 Å². The van der Waals surface area contributed by atoms with E-state index in [0.717, 1.165) is 0 Å². The van der Waals surface area contributed by atoms with Crippen molar-refractivity contribution in [1.29, 1.82) is 0 Å². The molecule has 12 heteroatoms. The summed E-state index contributed by atoms with van der Waals surface area (Å²) in [4.78, 5) is 42.6. The molecule has 1 aliphatic heterocycles. The number of nitrogens with zero attached hydrogens (tertiary/aromatic N) is 3. The number of carbonyl (C=O) groups excluding carboxylic acids is 2. The highest BCUT2D eigenvalue weighted by atomic mass is 32.1. The normalized spacial score (nSPS) is 14.5. The second kappa shape index (κ2) is 9.47. The summed E-state index contributed by atoms with van der Waals surface area (Å²) in [5, 5.41) is 2.11. The fraction of sp³-hybridized carbons (Fsp3) is 0.318. The molecule has 0 radical (unpaired) electrons. The van der Waals surface area contributed by atoms with Gasteiger partial charge in [0.2, 0.25) is 0 Å². The summed E-state index contributed by atoms with van der Waals surface area (Å²) in [5.41, 5.74) is 3.91. The summed E-state index contributed by atoms with van der Waals surface area (Å²) >= 11 is 1.33. The van der Waals surface area contributed by atoms with Crippen molar-refractivity contribution >= 4 is 39.8 Å². The van der Waals surface area contributed by atoms with E-state index in [1.807, 2.05) is 0 Å². The van der Waals surface area contributed by atoms with Crippen molar-refractivity contribution in [3.05, 3.63) is 62.6 Å². The average Bonchev–Trinajstić information content (AvgIpc) is 3.34. The molecule has 0 atom stereocenters. The van der Waals surface area contributed by atoms with Gasteiger partial charge in [0.1, 0.15) is 18.8 Å². The van der Waals surface area contributed by atoms with Crippen LogP contribution in [0.3, 0.4) is 0 Å². The van der Waals surface area contributed by atoms with Gasteiger partial charge in [-0.1, -0.05) is 24.3 Å². The first-order valence-electron chi connectivity index (χ1n) is 10.4. The number of thiophene rings is 1. The second-order valence-corrected chi connectivity index (χ2v) is 8.55. The zero-order valence-corrected chi connectivity index (χ0v) is 18.7. The fourth-order valence-corrected chi connectivity index (χ4v) is 4.77. The Hall–Kier alpha value is -3.38. The topological polar surface area (TPSA) is 97.9 Å². The smallest absolute Gasteiger partial charge is 0.406 e. The van der Waals surface area contributed by atoms with Gasteiger partial charge in [0, 0.05) is 31.6 Å². The predicted octanol–water partition coefficient (Wildman–Crippen LogP) is 2.66. The number of hydrogen-bond acceptors (Lipinski definition) is 7. The number of rotatable bonds is 5. The number of nitrogens with two attached hydrogens (primary N) is 1. The number of anilines is 1. The SMILES string of the molecule is NCOC(=O)c1c(N2CCN(C(=O)c3cccs3)CC2)c2ccccc2n(CC(F)(F)F)c1=O. The molecule has 1 aromatic carbocycles. The summed E-state index contributed by atoms with van der Waals surface area (Å²) in [5.74, 6) is -1.22. The van der Waals surface area contributed by atoms with Crippen LogP contribution in [0.4, 0.5) is 18.9 Å². The molecule has 3 heterocycles. The van der Waals surface area contributed by atoms with Gasteiger partial charge in [-0.05, 0) is 17.5 Å². The maximum atomic E-state index is 13.3. The van der Waals surface area contributed by atoms with Crippen LogP contribution in [0.25, 0.3) is 10.9 Å². The van der Waals surface area contributed by atoms with E-state index in [-0.39, 0.29) is 30.2 Å². The molecule has 0 aliphatic carbocycles. The van der Waals surface area contributed by atoms with Crippen LogP contribution < -0.4 is 16.2 Å². The highest BCUT2D eigenvalue weighted by Crippen LogP contribution is 2.32. The molecule has 2 aromatic heterocycles. The van der Waals surface area contributed by atoms with Crippen LogP contribution in [-0.4, -0.2) is 60.4 Å². The zero-order valence-electron chi connectivity index (χ0n) is 17.9. The first-order chi connectivity index (χ1) is 16.2. The molecule has 4 rings (SSSR count). The molecular weight excluding hydrogens is 473 g/mol. The number of esters is 1. The number of hydrogen-bond donors (Lipinski definition) is 1. The molecule has 1 amide bonds.